The third kappa shape index (κ3) is 5.71. The van der Waals surface area contributed by atoms with Gasteiger partial charge in [-0.15, -0.1) is 0 Å². The molecule has 3 rings (SSSR count). The van der Waals surface area contributed by atoms with Crippen molar-refractivity contribution in [2.75, 3.05) is 33.3 Å². The highest BCUT2D eigenvalue weighted by molar-refractivity contribution is 5.74. The first kappa shape index (κ1) is 18.2. The maximum Gasteiger partial charge on any atom is 0.317 e. The SMILES string of the molecule is CN1CCC(OCCCNC(=O)N(Cc2cnn(C)c2)C2CC2)CC1. The van der Waals surface area contributed by atoms with Crippen molar-refractivity contribution < 1.29 is 9.53 Å². The molecule has 2 heterocycles. The molecule has 0 unspecified atom stereocenters. The number of hydrogen-bond acceptors (Lipinski definition) is 4. The fourth-order valence-electron chi connectivity index (χ4n) is 3.27. The number of aryl methyl sites for hydroxylation is 1. The molecule has 1 aromatic rings. The first-order chi connectivity index (χ1) is 12.1. The molecule has 0 atom stereocenters. The van der Waals surface area contributed by atoms with Gasteiger partial charge in [0.2, 0.25) is 0 Å². The second kappa shape index (κ2) is 8.67. The minimum absolute atomic E-state index is 0.0330. The van der Waals surface area contributed by atoms with Gasteiger partial charge < -0.3 is 19.9 Å². The van der Waals surface area contributed by atoms with E-state index in [2.05, 4.69) is 22.4 Å². The summed E-state index contributed by atoms with van der Waals surface area (Å²) in [5, 5.41) is 7.23. The fourth-order valence-corrected chi connectivity index (χ4v) is 3.27. The average molecular weight is 349 g/mol. The van der Waals surface area contributed by atoms with E-state index >= 15 is 0 Å². The molecule has 1 aliphatic carbocycles. The van der Waals surface area contributed by atoms with E-state index in [-0.39, 0.29) is 6.03 Å². The van der Waals surface area contributed by atoms with Crippen LogP contribution in [0.25, 0.3) is 0 Å². The molecule has 0 spiro atoms. The largest absolute Gasteiger partial charge is 0.378 e. The van der Waals surface area contributed by atoms with Gasteiger partial charge in [0.1, 0.15) is 0 Å². The zero-order valence-corrected chi connectivity index (χ0v) is 15.5. The maximum absolute atomic E-state index is 12.5. The summed E-state index contributed by atoms with van der Waals surface area (Å²) in [6.45, 7) is 4.26. The highest BCUT2D eigenvalue weighted by Crippen LogP contribution is 2.28. The van der Waals surface area contributed by atoms with E-state index < -0.39 is 0 Å². The first-order valence-electron chi connectivity index (χ1n) is 9.44. The molecule has 1 aromatic heterocycles. The van der Waals surface area contributed by atoms with Crippen LogP contribution in [0.2, 0.25) is 0 Å². The fraction of sp³-hybridized carbons (Fsp3) is 0.778. The molecule has 1 aliphatic heterocycles. The highest BCUT2D eigenvalue weighted by atomic mass is 16.5. The topological polar surface area (TPSA) is 62.6 Å². The molecule has 2 aliphatic rings. The van der Waals surface area contributed by atoms with Gasteiger partial charge in [-0.3, -0.25) is 4.68 Å². The second-order valence-electron chi connectivity index (χ2n) is 7.34. The Morgan fingerprint density at radius 3 is 2.72 bits per heavy atom. The van der Waals surface area contributed by atoms with Crippen LogP contribution in [0.1, 0.15) is 37.7 Å². The van der Waals surface area contributed by atoms with Crippen LogP contribution in [0.4, 0.5) is 4.79 Å². The summed E-state index contributed by atoms with van der Waals surface area (Å²) in [6.07, 6.45) is 9.49. The predicted molar refractivity (Wildman–Crippen MR) is 96.3 cm³/mol. The Bertz CT molecular complexity index is 549. The van der Waals surface area contributed by atoms with E-state index in [1.807, 2.05) is 24.3 Å². The van der Waals surface area contributed by atoms with E-state index in [1.165, 1.54) is 0 Å². The number of carbonyl (C=O) groups is 1. The van der Waals surface area contributed by atoms with Crippen LogP contribution in [0.15, 0.2) is 12.4 Å². The number of rotatable bonds is 8. The summed E-state index contributed by atoms with van der Waals surface area (Å²) in [5.74, 6) is 0. The molecule has 7 nitrogen and oxygen atoms in total. The predicted octanol–water partition coefficient (Wildman–Crippen LogP) is 1.59. The molecule has 25 heavy (non-hydrogen) atoms. The van der Waals surface area contributed by atoms with Gasteiger partial charge in [-0.25, -0.2) is 4.79 Å². The number of likely N-dealkylation sites (tertiary alicyclic amines) is 1. The van der Waals surface area contributed by atoms with Gasteiger partial charge in [0.05, 0.1) is 18.8 Å². The molecular weight excluding hydrogens is 318 g/mol. The molecule has 140 valence electrons. The summed E-state index contributed by atoms with van der Waals surface area (Å²) in [7, 11) is 4.05. The van der Waals surface area contributed by atoms with E-state index in [0.717, 1.165) is 57.4 Å². The summed E-state index contributed by atoms with van der Waals surface area (Å²) < 4.78 is 7.71. The Morgan fingerprint density at radius 2 is 2.08 bits per heavy atom. The molecule has 0 bridgehead atoms. The number of carbonyl (C=O) groups excluding carboxylic acids is 1. The van der Waals surface area contributed by atoms with Crippen LogP contribution >= 0.6 is 0 Å². The smallest absolute Gasteiger partial charge is 0.317 e. The van der Waals surface area contributed by atoms with Crippen molar-refractivity contribution >= 4 is 6.03 Å². The number of nitrogens with one attached hydrogen (secondary N) is 1. The van der Waals surface area contributed by atoms with E-state index in [0.29, 0.717) is 25.2 Å². The zero-order valence-electron chi connectivity index (χ0n) is 15.5. The molecule has 7 heteroatoms. The molecule has 1 N–H and O–H groups in total. The quantitative estimate of drug-likeness (QED) is 0.724. The molecule has 0 radical (unpaired) electrons. The molecule has 2 fully saturated rings. The summed E-state index contributed by atoms with van der Waals surface area (Å²) in [4.78, 5) is 16.8. The van der Waals surface area contributed by atoms with Crippen molar-refractivity contribution in [3.8, 4) is 0 Å². The highest BCUT2D eigenvalue weighted by Gasteiger charge is 2.32. The third-order valence-corrected chi connectivity index (χ3v) is 4.98. The Morgan fingerprint density at radius 1 is 1.32 bits per heavy atom. The number of aromatic nitrogens is 2. The van der Waals surface area contributed by atoms with Crippen LogP contribution in [0.5, 0.6) is 0 Å². The van der Waals surface area contributed by atoms with Crippen molar-refractivity contribution in [2.45, 2.75) is 50.8 Å². The van der Waals surface area contributed by atoms with Crippen LogP contribution in [-0.2, 0) is 18.3 Å². The summed E-state index contributed by atoms with van der Waals surface area (Å²) in [5.41, 5.74) is 1.08. The van der Waals surface area contributed by atoms with Crippen molar-refractivity contribution in [1.29, 1.82) is 0 Å². The Kier molecular flexibility index (Phi) is 6.31. The van der Waals surface area contributed by atoms with Gasteiger partial charge in [0.25, 0.3) is 0 Å². The number of ether oxygens (including phenoxy) is 1. The van der Waals surface area contributed by atoms with E-state index in [4.69, 9.17) is 4.74 Å². The number of piperidine rings is 1. The van der Waals surface area contributed by atoms with Crippen molar-refractivity contribution in [3.63, 3.8) is 0 Å². The monoisotopic (exact) mass is 349 g/mol. The van der Waals surface area contributed by atoms with Gasteiger partial charge in [0.15, 0.2) is 0 Å². The Hall–Kier alpha value is -1.60. The van der Waals surface area contributed by atoms with Crippen molar-refractivity contribution in [3.05, 3.63) is 18.0 Å². The number of urea groups is 1. The summed E-state index contributed by atoms with van der Waals surface area (Å²) in [6, 6.07) is 0.418. The van der Waals surface area contributed by atoms with Crippen LogP contribution < -0.4 is 5.32 Å². The minimum atomic E-state index is 0.0330. The maximum atomic E-state index is 12.5. The average Bonchev–Trinajstić information content (AvgIpc) is 3.36. The minimum Gasteiger partial charge on any atom is -0.378 e. The Labute approximate surface area is 150 Å². The van der Waals surface area contributed by atoms with Gasteiger partial charge >= 0.3 is 6.03 Å². The van der Waals surface area contributed by atoms with Crippen molar-refractivity contribution in [1.82, 2.24) is 24.9 Å². The van der Waals surface area contributed by atoms with Gasteiger partial charge in [-0.1, -0.05) is 0 Å². The summed E-state index contributed by atoms with van der Waals surface area (Å²) >= 11 is 0. The Balaban J connectivity index is 1.33. The second-order valence-corrected chi connectivity index (χ2v) is 7.34. The van der Waals surface area contributed by atoms with Gasteiger partial charge in [0, 0.05) is 51.1 Å². The number of hydrogen-bond donors (Lipinski definition) is 1. The zero-order chi connectivity index (χ0) is 17.6. The normalized spacial score (nSPS) is 19.1. The van der Waals surface area contributed by atoms with Crippen LogP contribution in [0.3, 0.4) is 0 Å². The van der Waals surface area contributed by atoms with E-state index in [9.17, 15) is 4.79 Å². The number of amides is 2. The van der Waals surface area contributed by atoms with Crippen LogP contribution in [0, 0.1) is 0 Å². The third-order valence-electron chi connectivity index (χ3n) is 4.98. The lowest BCUT2D eigenvalue weighted by Gasteiger charge is -2.29. The molecular formula is C18H31N5O2. The lowest BCUT2D eigenvalue weighted by molar-refractivity contribution is 0.0117. The molecule has 1 saturated heterocycles. The van der Waals surface area contributed by atoms with Gasteiger partial charge in [-0.05, 0) is 39.2 Å². The molecule has 2 amide bonds. The number of nitrogens with zero attached hydrogens (tertiary/aromatic N) is 4. The molecule has 1 saturated carbocycles. The lowest BCUT2D eigenvalue weighted by atomic mass is 10.1. The molecule has 0 aromatic carbocycles. The van der Waals surface area contributed by atoms with Crippen molar-refractivity contribution in [2.24, 2.45) is 7.05 Å². The van der Waals surface area contributed by atoms with Gasteiger partial charge in [-0.2, -0.15) is 5.10 Å². The first-order valence-corrected chi connectivity index (χ1v) is 9.44. The standard InChI is InChI=1S/C18H31N5O2/c1-21-9-6-17(7-10-21)25-11-3-8-19-18(24)23(16-4-5-16)14-15-12-20-22(2)13-15/h12-13,16-17H,3-11,14H2,1-2H3,(H,19,24). The van der Waals surface area contributed by atoms with Crippen LogP contribution in [-0.4, -0.2) is 71.0 Å². The lowest BCUT2D eigenvalue weighted by Crippen LogP contribution is -2.41. The van der Waals surface area contributed by atoms with E-state index in [1.54, 1.807) is 4.68 Å².